The van der Waals surface area contributed by atoms with Gasteiger partial charge < -0.3 is 0 Å². The van der Waals surface area contributed by atoms with Crippen LogP contribution in [0.2, 0.25) is 0 Å². The molecule has 4 atom stereocenters. The van der Waals surface area contributed by atoms with Gasteiger partial charge in [-0.15, -0.1) is 0 Å². The lowest BCUT2D eigenvalue weighted by Crippen LogP contribution is -2.40. The standard InChI is InChI=1S/C15H13BrO2/c16-9-3-4-10-11(6-9)15(18)13-8-2-1-7(5-8)12(13)14(10)17/h3-4,6-8,12-13H,1-2,5H2. The van der Waals surface area contributed by atoms with Gasteiger partial charge in [-0.1, -0.05) is 15.9 Å². The average Bonchev–Trinajstić information content (AvgIpc) is 2.96. The fourth-order valence-corrected chi connectivity index (χ4v) is 4.70. The smallest absolute Gasteiger partial charge is 0.167 e. The molecule has 3 aliphatic rings. The predicted molar refractivity (Wildman–Crippen MR) is 70.6 cm³/mol. The molecule has 0 heterocycles. The molecule has 0 amide bonds. The Kier molecular flexibility index (Phi) is 2.14. The van der Waals surface area contributed by atoms with Crippen LogP contribution in [-0.4, -0.2) is 11.6 Å². The summed E-state index contributed by atoms with van der Waals surface area (Å²) in [5.74, 6) is 1.33. The van der Waals surface area contributed by atoms with Gasteiger partial charge in [-0.25, -0.2) is 0 Å². The highest BCUT2D eigenvalue weighted by atomic mass is 79.9. The van der Waals surface area contributed by atoms with E-state index in [0.29, 0.717) is 23.0 Å². The SMILES string of the molecule is O=C1c2ccc(Br)cc2C(=O)C2C3CCC(C3)C12. The second-order valence-corrected chi connectivity index (χ2v) is 6.72. The van der Waals surface area contributed by atoms with Crippen molar-refractivity contribution in [2.45, 2.75) is 19.3 Å². The molecule has 3 aliphatic carbocycles. The number of hydrogen-bond acceptors (Lipinski definition) is 2. The Morgan fingerprint density at radius 3 is 2.22 bits per heavy atom. The number of benzene rings is 1. The average molecular weight is 305 g/mol. The van der Waals surface area contributed by atoms with Gasteiger partial charge in [-0.3, -0.25) is 9.59 Å². The van der Waals surface area contributed by atoms with E-state index in [2.05, 4.69) is 15.9 Å². The van der Waals surface area contributed by atoms with Crippen molar-refractivity contribution in [3.8, 4) is 0 Å². The van der Waals surface area contributed by atoms with Crippen LogP contribution in [0.5, 0.6) is 0 Å². The maximum absolute atomic E-state index is 12.6. The summed E-state index contributed by atoms with van der Waals surface area (Å²) >= 11 is 3.39. The van der Waals surface area contributed by atoms with E-state index in [1.54, 1.807) is 0 Å². The maximum Gasteiger partial charge on any atom is 0.167 e. The van der Waals surface area contributed by atoms with Crippen LogP contribution in [-0.2, 0) is 0 Å². The molecule has 0 spiro atoms. The number of hydrogen-bond donors (Lipinski definition) is 0. The Morgan fingerprint density at radius 2 is 1.56 bits per heavy atom. The zero-order chi connectivity index (χ0) is 12.4. The van der Waals surface area contributed by atoms with Crippen molar-refractivity contribution in [2.75, 3.05) is 0 Å². The van der Waals surface area contributed by atoms with Crippen molar-refractivity contribution in [1.82, 2.24) is 0 Å². The summed E-state index contributed by atoms with van der Waals surface area (Å²) in [5.41, 5.74) is 1.29. The molecule has 0 radical (unpaired) electrons. The van der Waals surface area contributed by atoms with Crippen LogP contribution in [0.15, 0.2) is 22.7 Å². The summed E-state index contributed by atoms with van der Waals surface area (Å²) in [4.78, 5) is 25.2. The Balaban J connectivity index is 1.91. The number of halogens is 1. The molecule has 2 nitrogen and oxygen atoms in total. The lowest BCUT2D eigenvalue weighted by molar-refractivity contribution is 0.0661. The van der Waals surface area contributed by atoms with E-state index in [9.17, 15) is 9.59 Å². The lowest BCUT2D eigenvalue weighted by Gasteiger charge is -2.33. The highest BCUT2D eigenvalue weighted by Gasteiger charge is 2.56. The largest absolute Gasteiger partial charge is 0.294 e. The molecule has 0 saturated heterocycles. The Hall–Kier alpha value is -0.960. The quantitative estimate of drug-likeness (QED) is 0.735. The van der Waals surface area contributed by atoms with Crippen molar-refractivity contribution in [2.24, 2.45) is 23.7 Å². The first-order valence-corrected chi connectivity index (χ1v) is 7.34. The minimum absolute atomic E-state index is 0.00933. The summed E-state index contributed by atoms with van der Waals surface area (Å²) in [6, 6.07) is 5.48. The van der Waals surface area contributed by atoms with Crippen LogP contribution < -0.4 is 0 Å². The van der Waals surface area contributed by atoms with Gasteiger partial charge in [0.1, 0.15) is 0 Å². The Morgan fingerprint density at radius 1 is 0.944 bits per heavy atom. The van der Waals surface area contributed by atoms with E-state index in [1.807, 2.05) is 18.2 Å². The first-order chi connectivity index (χ1) is 8.66. The minimum Gasteiger partial charge on any atom is -0.294 e. The number of fused-ring (bicyclic) bond motifs is 6. The predicted octanol–water partition coefficient (Wildman–Crippen LogP) is 3.49. The van der Waals surface area contributed by atoms with E-state index < -0.39 is 0 Å². The summed E-state index contributed by atoms with van der Waals surface area (Å²) in [5, 5.41) is 0. The molecule has 2 bridgehead atoms. The molecule has 0 aromatic heterocycles. The van der Waals surface area contributed by atoms with Crippen LogP contribution in [0.25, 0.3) is 0 Å². The first kappa shape index (κ1) is 10.9. The second kappa shape index (κ2) is 3.53. The van der Waals surface area contributed by atoms with Gasteiger partial charge in [0.25, 0.3) is 0 Å². The van der Waals surface area contributed by atoms with Gasteiger partial charge in [0.05, 0.1) is 0 Å². The molecule has 4 unspecified atom stereocenters. The number of carbonyl (C=O) groups is 2. The van der Waals surface area contributed by atoms with Crippen LogP contribution in [0.3, 0.4) is 0 Å². The Bertz CT molecular complexity index is 578. The molecule has 92 valence electrons. The summed E-state index contributed by atoms with van der Waals surface area (Å²) in [7, 11) is 0. The highest BCUT2D eigenvalue weighted by molar-refractivity contribution is 9.10. The molecule has 18 heavy (non-hydrogen) atoms. The monoisotopic (exact) mass is 304 g/mol. The van der Waals surface area contributed by atoms with Crippen molar-refractivity contribution < 1.29 is 9.59 Å². The van der Waals surface area contributed by atoms with Gasteiger partial charge in [0.15, 0.2) is 11.6 Å². The van der Waals surface area contributed by atoms with Crippen molar-refractivity contribution in [1.29, 1.82) is 0 Å². The van der Waals surface area contributed by atoms with E-state index in [-0.39, 0.29) is 23.4 Å². The second-order valence-electron chi connectivity index (χ2n) is 5.80. The third-order valence-electron chi connectivity index (χ3n) is 5.03. The third-order valence-corrected chi connectivity index (χ3v) is 5.53. The molecule has 0 N–H and O–H groups in total. The number of carbonyl (C=O) groups excluding carboxylic acids is 2. The van der Waals surface area contributed by atoms with E-state index >= 15 is 0 Å². The molecular formula is C15H13BrO2. The molecule has 3 heteroatoms. The third kappa shape index (κ3) is 1.23. The van der Waals surface area contributed by atoms with E-state index in [0.717, 1.165) is 23.7 Å². The molecule has 4 rings (SSSR count). The molecule has 0 aliphatic heterocycles. The topological polar surface area (TPSA) is 34.1 Å². The minimum atomic E-state index is -0.0157. The molecule has 1 aromatic rings. The highest BCUT2D eigenvalue weighted by Crippen LogP contribution is 2.56. The van der Waals surface area contributed by atoms with Crippen LogP contribution >= 0.6 is 15.9 Å². The fourth-order valence-electron chi connectivity index (χ4n) is 4.34. The van der Waals surface area contributed by atoms with Crippen molar-refractivity contribution >= 4 is 27.5 Å². The molecule has 1 aromatic carbocycles. The summed E-state index contributed by atoms with van der Waals surface area (Å²) < 4.78 is 0.879. The van der Waals surface area contributed by atoms with Crippen molar-refractivity contribution in [3.05, 3.63) is 33.8 Å². The van der Waals surface area contributed by atoms with Gasteiger partial charge in [0, 0.05) is 27.4 Å². The van der Waals surface area contributed by atoms with Crippen LogP contribution in [0, 0.1) is 23.7 Å². The summed E-state index contributed by atoms with van der Waals surface area (Å²) in [6.45, 7) is 0. The molecule has 2 fully saturated rings. The normalized spacial score (nSPS) is 36.7. The lowest BCUT2D eigenvalue weighted by atomic mass is 9.67. The number of Topliss-reactive ketones (excluding diaryl/α,β-unsaturated/α-hetero) is 2. The maximum atomic E-state index is 12.6. The fraction of sp³-hybridized carbons (Fsp3) is 0.467. The van der Waals surface area contributed by atoms with Crippen LogP contribution in [0.1, 0.15) is 40.0 Å². The van der Waals surface area contributed by atoms with Gasteiger partial charge in [-0.2, -0.15) is 0 Å². The van der Waals surface area contributed by atoms with E-state index in [1.165, 1.54) is 0 Å². The first-order valence-electron chi connectivity index (χ1n) is 6.55. The number of ketones is 2. The van der Waals surface area contributed by atoms with Crippen molar-refractivity contribution in [3.63, 3.8) is 0 Å². The zero-order valence-electron chi connectivity index (χ0n) is 9.86. The molecular weight excluding hydrogens is 292 g/mol. The molecule has 2 saturated carbocycles. The Labute approximate surface area is 114 Å². The van der Waals surface area contributed by atoms with E-state index in [4.69, 9.17) is 0 Å². The summed E-state index contributed by atoms with van der Waals surface area (Å²) in [6.07, 6.45) is 3.35. The number of rotatable bonds is 0. The van der Waals surface area contributed by atoms with Crippen LogP contribution in [0.4, 0.5) is 0 Å². The zero-order valence-corrected chi connectivity index (χ0v) is 11.4. The van der Waals surface area contributed by atoms with Gasteiger partial charge in [-0.05, 0) is 49.3 Å². The van der Waals surface area contributed by atoms with Gasteiger partial charge in [0.2, 0.25) is 0 Å². The van der Waals surface area contributed by atoms with Gasteiger partial charge >= 0.3 is 0 Å².